The maximum absolute atomic E-state index is 12.8. The predicted octanol–water partition coefficient (Wildman–Crippen LogP) is 3.16. The Hall–Kier alpha value is -3.20. The molecule has 2 amide bonds. The summed E-state index contributed by atoms with van der Waals surface area (Å²) in [6, 6.07) is 9.32. The van der Waals surface area contributed by atoms with Crippen LogP contribution in [0.3, 0.4) is 0 Å². The third-order valence-electron chi connectivity index (χ3n) is 4.93. The molecule has 1 aliphatic rings. The van der Waals surface area contributed by atoms with Crippen LogP contribution < -0.4 is 5.32 Å². The van der Waals surface area contributed by atoms with Crippen molar-refractivity contribution in [2.24, 2.45) is 0 Å². The SMILES string of the molecule is C#CCCC(=O)N1CCC(c2nc(C)ncc2C(=O)Nc2ccccc2)CC1. The van der Waals surface area contributed by atoms with Gasteiger partial charge in [0.25, 0.3) is 5.91 Å². The molecule has 1 aromatic carbocycles. The van der Waals surface area contributed by atoms with E-state index in [9.17, 15) is 9.59 Å². The van der Waals surface area contributed by atoms with Crippen LogP contribution in [0.15, 0.2) is 36.5 Å². The first-order valence-corrected chi connectivity index (χ1v) is 9.49. The molecule has 1 aliphatic heterocycles. The van der Waals surface area contributed by atoms with Gasteiger partial charge in [-0.25, -0.2) is 9.97 Å². The highest BCUT2D eigenvalue weighted by Crippen LogP contribution is 2.29. The van der Waals surface area contributed by atoms with Gasteiger partial charge in [-0.15, -0.1) is 12.3 Å². The van der Waals surface area contributed by atoms with E-state index in [0.717, 1.165) is 24.2 Å². The van der Waals surface area contributed by atoms with Crippen molar-refractivity contribution in [3.63, 3.8) is 0 Å². The Bertz CT molecular complexity index is 881. The van der Waals surface area contributed by atoms with Crippen molar-refractivity contribution in [2.75, 3.05) is 18.4 Å². The zero-order valence-corrected chi connectivity index (χ0v) is 16.0. The maximum Gasteiger partial charge on any atom is 0.259 e. The first-order chi connectivity index (χ1) is 13.6. The molecule has 0 aliphatic carbocycles. The standard InChI is InChI=1S/C22H24N4O2/c1-3-4-10-20(27)26-13-11-17(12-14-26)21-19(15-23-16(2)24-21)22(28)25-18-8-6-5-7-9-18/h1,5-9,15,17H,4,10-14H2,2H3,(H,25,28). The Kier molecular flexibility index (Phi) is 6.38. The lowest BCUT2D eigenvalue weighted by Gasteiger charge is -2.32. The van der Waals surface area contributed by atoms with E-state index in [1.165, 1.54) is 0 Å². The molecule has 0 atom stereocenters. The second-order valence-electron chi connectivity index (χ2n) is 6.90. The van der Waals surface area contributed by atoms with E-state index in [2.05, 4.69) is 21.2 Å². The first kappa shape index (κ1) is 19.6. The minimum Gasteiger partial charge on any atom is -0.343 e. The van der Waals surface area contributed by atoms with Gasteiger partial charge in [-0.2, -0.15) is 0 Å². The third kappa shape index (κ3) is 4.74. The highest BCUT2D eigenvalue weighted by atomic mass is 16.2. The van der Waals surface area contributed by atoms with Crippen LogP contribution in [0.2, 0.25) is 0 Å². The molecule has 1 N–H and O–H groups in total. The van der Waals surface area contributed by atoms with Gasteiger partial charge >= 0.3 is 0 Å². The number of aryl methyl sites for hydroxylation is 1. The fourth-order valence-electron chi connectivity index (χ4n) is 3.43. The van der Waals surface area contributed by atoms with Crippen LogP contribution in [0.1, 0.15) is 53.5 Å². The van der Waals surface area contributed by atoms with E-state index >= 15 is 0 Å². The van der Waals surface area contributed by atoms with E-state index in [-0.39, 0.29) is 17.7 Å². The number of amides is 2. The number of anilines is 1. The molecule has 28 heavy (non-hydrogen) atoms. The zero-order valence-electron chi connectivity index (χ0n) is 16.0. The number of terminal acetylenes is 1. The number of para-hydroxylation sites is 1. The molecule has 0 saturated carbocycles. The Balaban J connectivity index is 1.72. The Morgan fingerprint density at radius 3 is 2.64 bits per heavy atom. The molecule has 0 spiro atoms. The maximum atomic E-state index is 12.8. The van der Waals surface area contributed by atoms with E-state index in [1.807, 2.05) is 42.2 Å². The van der Waals surface area contributed by atoms with E-state index < -0.39 is 0 Å². The summed E-state index contributed by atoms with van der Waals surface area (Å²) in [7, 11) is 0. The van der Waals surface area contributed by atoms with Crippen molar-refractivity contribution in [3.05, 3.63) is 53.6 Å². The van der Waals surface area contributed by atoms with Crippen molar-refractivity contribution in [1.29, 1.82) is 0 Å². The van der Waals surface area contributed by atoms with Crippen LogP contribution in [0.25, 0.3) is 0 Å². The van der Waals surface area contributed by atoms with Crippen molar-refractivity contribution in [1.82, 2.24) is 14.9 Å². The molecule has 1 saturated heterocycles. The molecular weight excluding hydrogens is 352 g/mol. The van der Waals surface area contributed by atoms with Gasteiger partial charge in [0.15, 0.2) is 0 Å². The number of nitrogens with zero attached hydrogens (tertiary/aromatic N) is 3. The monoisotopic (exact) mass is 376 g/mol. The lowest BCUT2D eigenvalue weighted by molar-refractivity contribution is -0.132. The average Bonchev–Trinajstić information content (AvgIpc) is 2.72. The van der Waals surface area contributed by atoms with Gasteiger partial charge in [-0.1, -0.05) is 18.2 Å². The van der Waals surface area contributed by atoms with Crippen LogP contribution in [0.4, 0.5) is 5.69 Å². The summed E-state index contributed by atoms with van der Waals surface area (Å²) in [5.74, 6) is 3.15. The molecular formula is C22H24N4O2. The second-order valence-corrected chi connectivity index (χ2v) is 6.90. The van der Waals surface area contributed by atoms with Gasteiger partial charge < -0.3 is 10.2 Å². The topological polar surface area (TPSA) is 75.2 Å². The predicted molar refractivity (Wildman–Crippen MR) is 108 cm³/mol. The van der Waals surface area contributed by atoms with Gasteiger partial charge in [0.05, 0.1) is 11.3 Å². The van der Waals surface area contributed by atoms with E-state index in [1.54, 1.807) is 6.20 Å². The smallest absolute Gasteiger partial charge is 0.259 e. The molecule has 0 unspecified atom stereocenters. The molecule has 1 fully saturated rings. The highest BCUT2D eigenvalue weighted by molar-refractivity contribution is 6.04. The van der Waals surface area contributed by atoms with Gasteiger partial charge in [-0.05, 0) is 31.9 Å². The molecule has 2 aromatic rings. The van der Waals surface area contributed by atoms with E-state index in [4.69, 9.17) is 6.42 Å². The van der Waals surface area contributed by atoms with Crippen molar-refractivity contribution in [3.8, 4) is 12.3 Å². The summed E-state index contributed by atoms with van der Waals surface area (Å²) in [6.45, 7) is 3.12. The average molecular weight is 376 g/mol. The molecule has 3 rings (SSSR count). The normalized spacial score (nSPS) is 14.4. The lowest BCUT2D eigenvalue weighted by atomic mass is 9.90. The van der Waals surface area contributed by atoms with Crippen LogP contribution in [0.5, 0.6) is 0 Å². The first-order valence-electron chi connectivity index (χ1n) is 9.49. The number of benzene rings is 1. The number of hydrogen-bond donors (Lipinski definition) is 1. The fourth-order valence-corrected chi connectivity index (χ4v) is 3.43. The molecule has 6 heteroatoms. The van der Waals surface area contributed by atoms with Gasteiger partial charge in [0.2, 0.25) is 5.91 Å². The largest absolute Gasteiger partial charge is 0.343 e. The van der Waals surface area contributed by atoms with Crippen LogP contribution in [0, 0.1) is 19.3 Å². The molecule has 1 aromatic heterocycles. The number of piperidine rings is 1. The molecule has 0 bridgehead atoms. The summed E-state index contributed by atoms with van der Waals surface area (Å²) in [4.78, 5) is 35.6. The summed E-state index contributed by atoms with van der Waals surface area (Å²) < 4.78 is 0. The minimum atomic E-state index is -0.214. The van der Waals surface area contributed by atoms with Crippen molar-refractivity contribution in [2.45, 2.75) is 38.5 Å². The van der Waals surface area contributed by atoms with Crippen LogP contribution in [-0.2, 0) is 4.79 Å². The number of carbonyl (C=O) groups excluding carboxylic acids is 2. The van der Waals surface area contributed by atoms with Gasteiger partial charge in [0, 0.05) is 43.7 Å². The van der Waals surface area contributed by atoms with Gasteiger partial charge in [-0.3, -0.25) is 9.59 Å². The minimum absolute atomic E-state index is 0.0947. The molecule has 2 heterocycles. The van der Waals surface area contributed by atoms with Gasteiger partial charge in [0.1, 0.15) is 5.82 Å². The third-order valence-corrected chi connectivity index (χ3v) is 4.93. The summed E-state index contributed by atoms with van der Waals surface area (Å²) in [5.41, 5.74) is 1.98. The van der Waals surface area contributed by atoms with Crippen molar-refractivity contribution >= 4 is 17.5 Å². The molecule has 144 valence electrons. The number of aromatic nitrogens is 2. The summed E-state index contributed by atoms with van der Waals surface area (Å²) >= 11 is 0. The highest BCUT2D eigenvalue weighted by Gasteiger charge is 2.28. The van der Waals surface area contributed by atoms with Crippen LogP contribution >= 0.6 is 0 Å². The van der Waals surface area contributed by atoms with E-state index in [0.29, 0.717) is 37.3 Å². The molecule has 0 radical (unpaired) electrons. The number of rotatable bonds is 5. The number of hydrogen-bond acceptors (Lipinski definition) is 4. The fraction of sp³-hybridized carbons (Fsp3) is 0.364. The molecule has 6 nitrogen and oxygen atoms in total. The Morgan fingerprint density at radius 2 is 1.96 bits per heavy atom. The number of carbonyl (C=O) groups is 2. The summed E-state index contributed by atoms with van der Waals surface area (Å²) in [6.07, 6.45) is 9.23. The number of likely N-dealkylation sites (tertiary alicyclic amines) is 1. The zero-order chi connectivity index (χ0) is 19.9. The van der Waals surface area contributed by atoms with Crippen LogP contribution in [-0.4, -0.2) is 39.8 Å². The quantitative estimate of drug-likeness (QED) is 0.814. The Labute approximate surface area is 165 Å². The lowest BCUT2D eigenvalue weighted by Crippen LogP contribution is -2.38. The number of nitrogens with one attached hydrogen (secondary N) is 1. The summed E-state index contributed by atoms with van der Waals surface area (Å²) in [5, 5.41) is 2.91. The second kappa shape index (κ2) is 9.14. The Morgan fingerprint density at radius 1 is 1.25 bits per heavy atom. The van der Waals surface area contributed by atoms with Crippen molar-refractivity contribution < 1.29 is 9.59 Å².